The molecule has 0 radical (unpaired) electrons. The summed E-state index contributed by atoms with van der Waals surface area (Å²) in [6, 6.07) is 0. The maximum Gasteiger partial charge on any atom is 0.0986 e. The van der Waals surface area contributed by atoms with Gasteiger partial charge in [-0.2, -0.15) is 0 Å². The van der Waals surface area contributed by atoms with Gasteiger partial charge in [0.15, 0.2) is 0 Å². The molecule has 0 aliphatic rings. The molecule has 0 spiro atoms. The zero-order chi connectivity index (χ0) is 7.11. The Morgan fingerprint density at radius 3 is 2.89 bits per heavy atom. The molecule has 0 aliphatic heterocycles. The number of nitrogens with two attached hydrogens (primary N) is 1. The highest BCUT2D eigenvalue weighted by molar-refractivity contribution is 5.80. The van der Waals surface area contributed by atoms with E-state index >= 15 is 0 Å². The van der Waals surface area contributed by atoms with Crippen molar-refractivity contribution in [2.75, 3.05) is 0 Å². The van der Waals surface area contributed by atoms with Gasteiger partial charge in [-0.1, -0.05) is 19.6 Å². The van der Waals surface area contributed by atoms with Crippen molar-refractivity contribution >= 4 is 5.84 Å². The zero-order valence-corrected chi connectivity index (χ0v) is 5.67. The van der Waals surface area contributed by atoms with Crippen molar-refractivity contribution < 1.29 is 0 Å². The van der Waals surface area contributed by atoms with Gasteiger partial charge >= 0.3 is 0 Å². The van der Waals surface area contributed by atoms with E-state index in [0.717, 1.165) is 6.42 Å². The van der Waals surface area contributed by atoms with E-state index in [9.17, 15) is 0 Å². The summed E-state index contributed by atoms with van der Waals surface area (Å²) in [7, 11) is 0. The first kappa shape index (κ1) is 7.95. The predicted molar refractivity (Wildman–Crippen MR) is 41.3 cm³/mol. The second-order valence-electron chi connectivity index (χ2n) is 1.55. The van der Waals surface area contributed by atoms with E-state index in [2.05, 4.69) is 11.6 Å². The van der Waals surface area contributed by atoms with E-state index in [1.165, 1.54) is 0 Å². The lowest BCUT2D eigenvalue weighted by atomic mass is 10.4. The Kier molecular flexibility index (Phi) is 4.50. The molecule has 0 aromatic carbocycles. The van der Waals surface area contributed by atoms with Crippen LogP contribution in [0.5, 0.6) is 0 Å². The molecule has 0 unspecified atom stereocenters. The van der Waals surface area contributed by atoms with E-state index in [0.29, 0.717) is 5.84 Å². The number of aliphatic imine (C=N–C) groups is 1. The molecule has 0 fully saturated rings. The van der Waals surface area contributed by atoms with Crippen LogP contribution in [0.1, 0.15) is 13.3 Å². The molecule has 2 N–H and O–H groups in total. The van der Waals surface area contributed by atoms with Gasteiger partial charge in [-0.3, -0.25) is 0 Å². The van der Waals surface area contributed by atoms with Crippen LogP contribution in [0.15, 0.2) is 29.9 Å². The van der Waals surface area contributed by atoms with Crippen LogP contribution in [0.3, 0.4) is 0 Å². The van der Waals surface area contributed by atoms with Gasteiger partial charge in [-0.05, 0) is 6.08 Å². The Labute approximate surface area is 55.8 Å². The largest absolute Gasteiger partial charge is 0.387 e. The van der Waals surface area contributed by atoms with Crippen molar-refractivity contribution in [3.63, 3.8) is 0 Å². The Morgan fingerprint density at radius 2 is 2.44 bits per heavy atom. The van der Waals surface area contributed by atoms with Gasteiger partial charge in [0.2, 0.25) is 0 Å². The molecule has 9 heavy (non-hydrogen) atoms. The summed E-state index contributed by atoms with van der Waals surface area (Å²) in [5.41, 5.74) is 5.38. The summed E-state index contributed by atoms with van der Waals surface area (Å²) >= 11 is 0. The van der Waals surface area contributed by atoms with Crippen molar-refractivity contribution in [1.82, 2.24) is 0 Å². The minimum absolute atomic E-state index is 0.646. The van der Waals surface area contributed by atoms with Crippen LogP contribution in [0.4, 0.5) is 0 Å². The predicted octanol–water partition coefficient (Wildman–Crippen LogP) is 1.45. The molecule has 0 rings (SSSR count). The zero-order valence-electron chi connectivity index (χ0n) is 5.67. The van der Waals surface area contributed by atoms with Gasteiger partial charge in [-0.25, -0.2) is 4.99 Å². The first-order valence-electron chi connectivity index (χ1n) is 2.91. The normalized spacial score (nSPS) is 12.3. The Bertz CT molecular complexity index is 134. The molecule has 0 aliphatic carbocycles. The second kappa shape index (κ2) is 5.09. The molecule has 0 aromatic rings. The van der Waals surface area contributed by atoms with Crippen LogP contribution >= 0.6 is 0 Å². The number of nitrogens with zero attached hydrogens (tertiary/aromatic N) is 1. The van der Waals surface area contributed by atoms with E-state index in [-0.39, 0.29) is 0 Å². The van der Waals surface area contributed by atoms with Gasteiger partial charge < -0.3 is 5.73 Å². The van der Waals surface area contributed by atoms with Crippen LogP contribution in [-0.4, -0.2) is 5.84 Å². The third kappa shape index (κ3) is 4.81. The standard InChI is InChI=1S/C7H12N2/c1-3-5-6-9-7(8)4-2/h3,5-6H,1,4H2,2H3,(H2,8,9)/b6-5-. The molecular weight excluding hydrogens is 112 g/mol. The maximum absolute atomic E-state index is 5.38. The lowest BCUT2D eigenvalue weighted by Gasteiger charge is -1.87. The van der Waals surface area contributed by atoms with Crippen LogP contribution in [0, 0.1) is 0 Å². The number of hydrogen-bond acceptors (Lipinski definition) is 1. The third-order valence-electron chi connectivity index (χ3n) is 0.825. The molecular formula is C7H12N2. The van der Waals surface area contributed by atoms with Crippen molar-refractivity contribution in [1.29, 1.82) is 0 Å². The van der Waals surface area contributed by atoms with Crippen molar-refractivity contribution in [3.8, 4) is 0 Å². The number of allylic oxidation sites excluding steroid dienone is 2. The van der Waals surface area contributed by atoms with Gasteiger partial charge in [0.05, 0.1) is 5.84 Å². The van der Waals surface area contributed by atoms with Crippen LogP contribution in [-0.2, 0) is 0 Å². The third-order valence-corrected chi connectivity index (χ3v) is 0.825. The van der Waals surface area contributed by atoms with E-state index in [1.54, 1.807) is 18.4 Å². The molecule has 2 nitrogen and oxygen atoms in total. The van der Waals surface area contributed by atoms with Crippen LogP contribution < -0.4 is 5.73 Å². The average Bonchev–Trinajstić information content (AvgIpc) is 1.89. The molecule has 0 saturated heterocycles. The summed E-state index contributed by atoms with van der Waals surface area (Å²) in [6.07, 6.45) is 5.82. The second-order valence-corrected chi connectivity index (χ2v) is 1.55. The summed E-state index contributed by atoms with van der Waals surface area (Å²) in [5, 5.41) is 0. The fraction of sp³-hybridized carbons (Fsp3) is 0.286. The first-order valence-corrected chi connectivity index (χ1v) is 2.91. The van der Waals surface area contributed by atoms with Gasteiger partial charge in [0.1, 0.15) is 0 Å². The monoisotopic (exact) mass is 124 g/mol. The molecule has 0 saturated carbocycles. The minimum Gasteiger partial charge on any atom is -0.387 e. The molecule has 0 atom stereocenters. The summed E-state index contributed by atoms with van der Waals surface area (Å²) in [6.45, 7) is 5.45. The van der Waals surface area contributed by atoms with E-state index in [4.69, 9.17) is 5.73 Å². The minimum atomic E-state index is 0.646. The summed E-state index contributed by atoms with van der Waals surface area (Å²) < 4.78 is 0. The maximum atomic E-state index is 5.38. The Hall–Kier alpha value is -1.05. The number of amidine groups is 1. The van der Waals surface area contributed by atoms with Gasteiger partial charge in [0.25, 0.3) is 0 Å². The highest BCUT2D eigenvalue weighted by Gasteiger charge is 1.78. The smallest absolute Gasteiger partial charge is 0.0986 e. The molecule has 0 aromatic heterocycles. The highest BCUT2D eigenvalue weighted by atomic mass is 14.8. The summed E-state index contributed by atoms with van der Waals surface area (Å²) in [4.78, 5) is 3.88. The molecule has 0 amide bonds. The van der Waals surface area contributed by atoms with Crippen LogP contribution in [0.25, 0.3) is 0 Å². The molecule has 2 heteroatoms. The number of hydrogen-bond donors (Lipinski definition) is 1. The quantitative estimate of drug-likeness (QED) is 0.345. The summed E-state index contributed by atoms with van der Waals surface area (Å²) in [5.74, 6) is 0.646. The molecule has 50 valence electrons. The first-order chi connectivity index (χ1) is 4.31. The topological polar surface area (TPSA) is 38.4 Å². The van der Waals surface area contributed by atoms with Gasteiger partial charge in [-0.15, -0.1) is 0 Å². The fourth-order valence-electron chi connectivity index (χ4n) is 0.291. The van der Waals surface area contributed by atoms with Crippen molar-refractivity contribution in [3.05, 3.63) is 24.9 Å². The average molecular weight is 124 g/mol. The van der Waals surface area contributed by atoms with Crippen molar-refractivity contribution in [2.24, 2.45) is 10.7 Å². The molecule has 0 bridgehead atoms. The fourth-order valence-corrected chi connectivity index (χ4v) is 0.291. The lowest BCUT2D eigenvalue weighted by molar-refractivity contribution is 1.23. The number of rotatable bonds is 3. The molecule has 0 heterocycles. The Morgan fingerprint density at radius 1 is 1.78 bits per heavy atom. The van der Waals surface area contributed by atoms with E-state index < -0.39 is 0 Å². The highest BCUT2D eigenvalue weighted by Crippen LogP contribution is 1.79. The Balaban J connectivity index is 3.67. The van der Waals surface area contributed by atoms with Crippen molar-refractivity contribution in [2.45, 2.75) is 13.3 Å². The van der Waals surface area contributed by atoms with Crippen LogP contribution in [0.2, 0.25) is 0 Å². The lowest BCUT2D eigenvalue weighted by Crippen LogP contribution is -2.08. The van der Waals surface area contributed by atoms with E-state index in [1.807, 2.05) is 6.92 Å². The SMILES string of the molecule is C=C/C=C\N=C(N)CC. The van der Waals surface area contributed by atoms with Gasteiger partial charge in [0, 0.05) is 12.6 Å².